The molecule has 7 heteroatoms. The summed E-state index contributed by atoms with van der Waals surface area (Å²) in [6.45, 7) is 0.664. The van der Waals surface area contributed by atoms with Gasteiger partial charge in [0, 0.05) is 19.0 Å². The summed E-state index contributed by atoms with van der Waals surface area (Å²) in [6, 6.07) is 16.1. The molecule has 0 spiro atoms. The molecule has 1 atom stereocenters. The lowest BCUT2D eigenvalue weighted by atomic mass is 9.98. The first-order chi connectivity index (χ1) is 14.5. The number of piperidine rings is 1. The molecule has 0 saturated carbocycles. The van der Waals surface area contributed by atoms with E-state index in [0.717, 1.165) is 22.3 Å². The standard InChI is InChI=1S/C23H24N2O5/c26-21(25-11-5-6-15(13-25)22(27)28)12-24-23(29)30-14-20-18-9-3-1-7-16(18)17-8-2-4-10-19(17)20/h1-4,7-10,15,20H,5-6,11-14H2,(H,24,29)(H,27,28). The molecular weight excluding hydrogens is 384 g/mol. The number of carboxylic acids is 1. The van der Waals surface area contributed by atoms with Gasteiger partial charge in [0.15, 0.2) is 0 Å². The average molecular weight is 408 g/mol. The lowest BCUT2D eigenvalue weighted by Crippen LogP contribution is -2.46. The molecule has 0 radical (unpaired) electrons. The average Bonchev–Trinajstić information content (AvgIpc) is 3.10. The van der Waals surface area contributed by atoms with Crippen molar-refractivity contribution in [3.05, 3.63) is 59.7 Å². The van der Waals surface area contributed by atoms with Crippen LogP contribution in [0.15, 0.2) is 48.5 Å². The highest BCUT2D eigenvalue weighted by atomic mass is 16.5. The van der Waals surface area contributed by atoms with Gasteiger partial charge >= 0.3 is 12.1 Å². The van der Waals surface area contributed by atoms with Crippen LogP contribution in [0, 0.1) is 5.92 Å². The molecule has 2 aliphatic rings. The first-order valence-corrected chi connectivity index (χ1v) is 10.1. The maximum absolute atomic E-state index is 12.3. The Bertz CT molecular complexity index is 928. The maximum Gasteiger partial charge on any atom is 0.407 e. The van der Waals surface area contributed by atoms with E-state index in [1.807, 2.05) is 36.4 Å². The Balaban J connectivity index is 1.31. The van der Waals surface area contributed by atoms with Crippen molar-refractivity contribution in [2.75, 3.05) is 26.2 Å². The van der Waals surface area contributed by atoms with Crippen LogP contribution >= 0.6 is 0 Å². The topological polar surface area (TPSA) is 95.9 Å². The number of aliphatic carboxylic acids is 1. The van der Waals surface area contributed by atoms with Gasteiger partial charge in [-0.15, -0.1) is 0 Å². The molecule has 1 heterocycles. The van der Waals surface area contributed by atoms with Crippen LogP contribution in [0.25, 0.3) is 11.1 Å². The van der Waals surface area contributed by atoms with Crippen LogP contribution in [0.2, 0.25) is 0 Å². The van der Waals surface area contributed by atoms with E-state index in [1.54, 1.807) is 0 Å². The van der Waals surface area contributed by atoms with Crippen molar-refractivity contribution in [2.24, 2.45) is 5.92 Å². The molecule has 1 fully saturated rings. The zero-order valence-corrected chi connectivity index (χ0v) is 16.5. The second kappa shape index (κ2) is 8.57. The van der Waals surface area contributed by atoms with Crippen LogP contribution in [0.3, 0.4) is 0 Å². The van der Waals surface area contributed by atoms with Crippen molar-refractivity contribution in [3.8, 4) is 11.1 Å². The molecule has 2 N–H and O–H groups in total. The Morgan fingerprint density at radius 1 is 1.03 bits per heavy atom. The van der Waals surface area contributed by atoms with Gasteiger partial charge < -0.3 is 20.1 Å². The molecular formula is C23H24N2O5. The lowest BCUT2D eigenvalue weighted by molar-refractivity contribution is -0.145. The number of carbonyl (C=O) groups is 3. The minimum Gasteiger partial charge on any atom is -0.481 e. The number of carboxylic acid groups (broad SMARTS) is 1. The molecule has 0 aromatic heterocycles. The number of alkyl carbamates (subject to hydrolysis) is 1. The molecule has 156 valence electrons. The summed E-state index contributed by atoms with van der Waals surface area (Å²) in [7, 11) is 0. The number of carbonyl (C=O) groups excluding carboxylic acids is 2. The molecule has 2 aromatic carbocycles. The normalized spacial score (nSPS) is 17.7. The number of rotatable bonds is 5. The number of nitrogens with one attached hydrogen (secondary N) is 1. The third kappa shape index (κ3) is 4.01. The van der Waals surface area contributed by atoms with Crippen LogP contribution in [0.5, 0.6) is 0 Å². The lowest BCUT2D eigenvalue weighted by Gasteiger charge is -2.30. The first-order valence-electron chi connectivity index (χ1n) is 10.1. The van der Waals surface area contributed by atoms with E-state index in [-0.39, 0.29) is 31.5 Å². The van der Waals surface area contributed by atoms with Crippen molar-refractivity contribution in [1.29, 1.82) is 0 Å². The SMILES string of the molecule is O=C(NCC(=O)N1CCCC(C(=O)O)C1)OCC1c2ccccc2-c2ccccc21. The zero-order valence-electron chi connectivity index (χ0n) is 16.5. The van der Waals surface area contributed by atoms with E-state index >= 15 is 0 Å². The second-order valence-electron chi connectivity index (χ2n) is 7.70. The molecule has 30 heavy (non-hydrogen) atoms. The summed E-state index contributed by atoms with van der Waals surface area (Å²) < 4.78 is 5.42. The molecule has 1 saturated heterocycles. The molecule has 0 bridgehead atoms. The number of ether oxygens (including phenoxy) is 1. The molecule has 2 amide bonds. The van der Waals surface area contributed by atoms with Crippen molar-refractivity contribution >= 4 is 18.0 Å². The van der Waals surface area contributed by atoms with Crippen LogP contribution < -0.4 is 5.32 Å². The van der Waals surface area contributed by atoms with Gasteiger partial charge in [0.2, 0.25) is 5.91 Å². The minimum atomic E-state index is -0.892. The van der Waals surface area contributed by atoms with Gasteiger partial charge in [-0.1, -0.05) is 48.5 Å². The van der Waals surface area contributed by atoms with E-state index < -0.39 is 18.0 Å². The molecule has 1 aliphatic heterocycles. The van der Waals surface area contributed by atoms with E-state index in [2.05, 4.69) is 17.4 Å². The highest BCUT2D eigenvalue weighted by Crippen LogP contribution is 2.44. The summed E-state index contributed by atoms with van der Waals surface area (Å²) in [6.07, 6.45) is 0.559. The van der Waals surface area contributed by atoms with Gasteiger partial charge in [-0.2, -0.15) is 0 Å². The molecule has 1 aliphatic carbocycles. The van der Waals surface area contributed by atoms with Crippen LogP contribution in [-0.2, 0) is 14.3 Å². The van der Waals surface area contributed by atoms with Gasteiger partial charge in [0.25, 0.3) is 0 Å². The first kappa shape index (κ1) is 19.9. The predicted octanol–water partition coefficient (Wildman–Crippen LogP) is 2.85. The number of hydrogen-bond donors (Lipinski definition) is 2. The van der Waals surface area contributed by atoms with Gasteiger partial charge in [-0.05, 0) is 35.1 Å². The third-order valence-electron chi connectivity index (χ3n) is 5.85. The number of likely N-dealkylation sites (tertiary alicyclic amines) is 1. The highest BCUT2D eigenvalue weighted by Gasteiger charge is 2.30. The Morgan fingerprint density at radius 3 is 2.30 bits per heavy atom. The highest BCUT2D eigenvalue weighted by molar-refractivity contribution is 5.83. The summed E-state index contributed by atoms with van der Waals surface area (Å²) in [5.41, 5.74) is 4.54. The maximum atomic E-state index is 12.3. The monoisotopic (exact) mass is 408 g/mol. The summed E-state index contributed by atoms with van der Waals surface area (Å²) in [4.78, 5) is 37.1. The zero-order chi connectivity index (χ0) is 21.1. The number of hydrogen-bond acceptors (Lipinski definition) is 4. The fourth-order valence-corrected chi connectivity index (χ4v) is 4.31. The van der Waals surface area contributed by atoms with E-state index in [4.69, 9.17) is 9.84 Å². The van der Waals surface area contributed by atoms with Gasteiger partial charge in [0.1, 0.15) is 13.2 Å². The smallest absolute Gasteiger partial charge is 0.407 e. The van der Waals surface area contributed by atoms with E-state index in [0.29, 0.717) is 19.4 Å². The van der Waals surface area contributed by atoms with Crippen LogP contribution in [0.4, 0.5) is 4.79 Å². The minimum absolute atomic E-state index is 0.0442. The predicted molar refractivity (Wildman–Crippen MR) is 110 cm³/mol. The molecule has 4 rings (SSSR count). The van der Waals surface area contributed by atoms with Crippen molar-refractivity contribution < 1.29 is 24.2 Å². The number of amides is 2. The Labute approximate surface area is 174 Å². The Morgan fingerprint density at radius 2 is 1.67 bits per heavy atom. The van der Waals surface area contributed by atoms with E-state index in [1.165, 1.54) is 4.90 Å². The summed E-state index contributed by atoms with van der Waals surface area (Å²) in [5.74, 6) is -1.78. The fourth-order valence-electron chi connectivity index (χ4n) is 4.31. The summed E-state index contributed by atoms with van der Waals surface area (Å²) in [5, 5.41) is 11.6. The van der Waals surface area contributed by atoms with Crippen LogP contribution in [-0.4, -0.2) is 54.2 Å². The van der Waals surface area contributed by atoms with E-state index in [9.17, 15) is 14.4 Å². The summed E-state index contributed by atoms with van der Waals surface area (Å²) >= 11 is 0. The number of benzene rings is 2. The Hall–Kier alpha value is -3.35. The van der Waals surface area contributed by atoms with Crippen molar-refractivity contribution in [2.45, 2.75) is 18.8 Å². The number of nitrogens with zero attached hydrogens (tertiary/aromatic N) is 1. The quantitative estimate of drug-likeness (QED) is 0.793. The van der Waals surface area contributed by atoms with Gasteiger partial charge in [-0.25, -0.2) is 4.79 Å². The third-order valence-corrected chi connectivity index (χ3v) is 5.85. The molecule has 1 unspecified atom stereocenters. The Kier molecular flexibility index (Phi) is 5.70. The van der Waals surface area contributed by atoms with Gasteiger partial charge in [-0.3, -0.25) is 9.59 Å². The van der Waals surface area contributed by atoms with Gasteiger partial charge in [0.05, 0.1) is 5.92 Å². The molecule has 7 nitrogen and oxygen atoms in total. The fraction of sp³-hybridized carbons (Fsp3) is 0.348. The van der Waals surface area contributed by atoms with Crippen molar-refractivity contribution in [1.82, 2.24) is 10.2 Å². The molecule has 2 aromatic rings. The van der Waals surface area contributed by atoms with Crippen molar-refractivity contribution in [3.63, 3.8) is 0 Å². The largest absolute Gasteiger partial charge is 0.481 e. The second-order valence-corrected chi connectivity index (χ2v) is 7.70. The van der Waals surface area contributed by atoms with Crippen LogP contribution in [0.1, 0.15) is 29.9 Å². The number of fused-ring (bicyclic) bond motifs is 3.